The molecule has 0 spiro atoms. The summed E-state index contributed by atoms with van der Waals surface area (Å²) in [4.78, 5) is 11.3. The van der Waals surface area contributed by atoms with Gasteiger partial charge in [0.2, 0.25) is 10.0 Å². The van der Waals surface area contributed by atoms with Crippen LogP contribution >= 0.6 is 11.6 Å². The average Bonchev–Trinajstić information content (AvgIpc) is 2.45. The zero-order chi connectivity index (χ0) is 16.0. The molecule has 0 atom stereocenters. The molecule has 0 aromatic heterocycles. The van der Waals surface area contributed by atoms with Crippen molar-refractivity contribution in [3.05, 3.63) is 28.8 Å². The number of carbonyl (C=O) groups is 1. The molecule has 1 rings (SSSR count). The lowest BCUT2D eigenvalue weighted by molar-refractivity contribution is -0.143. The Bertz CT molecular complexity index is 667. The minimum Gasteiger partial charge on any atom is -0.465 e. The molecule has 0 radical (unpaired) electrons. The van der Waals surface area contributed by atoms with Gasteiger partial charge in [0.05, 0.1) is 23.3 Å². The molecular formula is C13H15ClN2O4S. The SMILES string of the molecule is CCOC(=O)CN(CC)S(=O)(=O)c1cc(C#N)ccc1Cl. The summed E-state index contributed by atoms with van der Waals surface area (Å²) in [7, 11) is -3.98. The number of benzene rings is 1. The third kappa shape index (κ3) is 4.17. The Labute approximate surface area is 128 Å². The quantitative estimate of drug-likeness (QED) is 0.742. The molecule has 114 valence electrons. The van der Waals surface area contributed by atoms with Crippen LogP contribution in [0.1, 0.15) is 19.4 Å². The maximum Gasteiger partial charge on any atom is 0.321 e. The number of nitriles is 1. The van der Waals surface area contributed by atoms with Crippen LogP contribution in [0.4, 0.5) is 0 Å². The molecule has 0 N–H and O–H groups in total. The number of nitrogens with zero attached hydrogens (tertiary/aromatic N) is 2. The van der Waals surface area contributed by atoms with Gasteiger partial charge < -0.3 is 4.74 Å². The van der Waals surface area contributed by atoms with Crippen LogP contribution in [0.15, 0.2) is 23.1 Å². The van der Waals surface area contributed by atoms with E-state index in [0.717, 1.165) is 4.31 Å². The highest BCUT2D eigenvalue weighted by Gasteiger charge is 2.28. The molecule has 0 saturated carbocycles. The van der Waals surface area contributed by atoms with Gasteiger partial charge in [-0.1, -0.05) is 18.5 Å². The Hall–Kier alpha value is -1.62. The first kappa shape index (κ1) is 17.4. The van der Waals surface area contributed by atoms with E-state index in [9.17, 15) is 13.2 Å². The third-order valence-electron chi connectivity index (χ3n) is 2.64. The topological polar surface area (TPSA) is 87.5 Å². The smallest absolute Gasteiger partial charge is 0.321 e. The van der Waals surface area contributed by atoms with E-state index in [4.69, 9.17) is 21.6 Å². The summed E-state index contributed by atoms with van der Waals surface area (Å²) in [6.45, 7) is 3.07. The minimum atomic E-state index is -3.98. The molecule has 0 aliphatic carbocycles. The van der Waals surface area contributed by atoms with Gasteiger partial charge >= 0.3 is 5.97 Å². The Balaban J connectivity index is 3.19. The van der Waals surface area contributed by atoms with E-state index >= 15 is 0 Å². The fourth-order valence-electron chi connectivity index (χ4n) is 1.63. The van der Waals surface area contributed by atoms with Crippen molar-refractivity contribution in [1.29, 1.82) is 5.26 Å². The van der Waals surface area contributed by atoms with E-state index in [1.165, 1.54) is 18.2 Å². The van der Waals surface area contributed by atoms with Crippen molar-refractivity contribution in [3.8, 4) is 6.07 Å². The first-order chi connectivity index (χ1) is 9.86. The van der Waals surface area contributed by atoms with Crippen LogP contribution in [-0.2, 0) is 19.6 Å². The van der Waals surface area contributed by atoms with Crippen molar-refractivity contribution in [2.24, 2.45) is 0 Å². The zero-order valence-electron chi connectivity index (χ0n) is 11.7. The second-order valence-electron chi connectivity index (χ2n) is 3.99. The molecular weight excluding hydrogens is 316 g/mol. The molecule has 0 fully saturated rings. The van der Waals surface area contributed by atoms with E-state index in [0.29, 0.717) is 0 Å². The number of halogens is 1. The van der Waals surface area contributed by atoms with Crippen LogP contribution in [-0.4, -0.2) is 38.4 Å². The lowest BCUT2D eigenvalue weighted by Crippen LogP contribution is -2.36. The van der Waals surface area contributed by atoms with Gasteiger partial charge in [0.15, 0.2) is 0 Å². The number of carbonyl (C=O) groups excluding carboxylic acids is 1. The number of hydrogen-bond acceptors (Lipinski definition) is 5. The average molecular weight is 331 g/mol. The fourth-order valence-corrected chi connectivity index (χ4v) is 3.52. The van der Waals surface area contributed by atoms with Crippen LogP contribution in [0.5, 0.6) is 0 Å². The third-order valence-corrected chi connectivity index (χ3v) is 5.04. The number of sulfonamides is 1. The fraction of sp³-hybridized carbons (Fsp3) is 0.385. The highest BCUT2D eigenvalue weighted by molar-refractivity contribution is 7.89. The summed E-state index contributed by atoms with van der Waals surface area (Å²) in [5.74, 6) is -0.643. The molecule has 0 saturated heterocycles. The van der Waals surface area contributed by atoms with E-state index < -0.39 is 22.5 Å². The molecule has 1 aromatic carbocycles. The summed E-state index contributed by atoms with van der Waals surface area (Å²) in [6, 6.07) is 5.80. The molecule has 0 aliphatic heterocycles. The summed E-state index contributed by atoms with van der Waals surface area (Å²) in [6.07, 6.45) is 0. The Morgan fingerprint density at radius 3 is 2.62 bits per heavy atom. The van der Waals surface area contributed by atoms with E-state index in [-0.39, 0.29) is 28.6 Å². The van der Waals surface area contributed by atoms with Gasteiger partial charge in [-0.3, -0.25) is 4.79 Å². The lowest BCUT2D eigenvalue weighted by atomic mass is 10.2. The Kier molecular flexibility index (Phi) is 6.15. The van der Waals surface area contributed by atoms with Gasteiger partial charge in [-0.25, -0.2) is 8.42 Å². The molecule has 0 bridgehead atoms. The maximum absolute atomic E-state index is 12.5. The van der Waals surface area contributed by atoms with Crippen molar-refractivity contribution in [1.82, 2.24) is 4.31 Å². The molecule has 8 heteroatoms. The van der Waals surface area contributed by atoms with Crippen molar-refractivity contribution < 1.29 is 17.9 Å². The summed E-state index contributed by atoms with van der Waals surface area (Å²) < 4.78 is 30.7. The van der Waals surface area contributed by atoms with Gasteiger partial charge in [0.25, 0.3) is 0 Å². The molecule has 0 unspecified atom stereocenters. The van der Waals surface area contributed by atoms with Gasteiger partial charge in [0, 0.05) is 6.54 Å². The van der Waals surface area contributed by atoms with Crippen LogP contribution in [0.3, 0.4) is 0 Å². The molecule has 0 aliphatic rings. The second kappa shape index (κ2) is 7.41. The molecule has 1 aromatic rings. The summed E-state index contributed by atoms with van der Waals surface area (Å²) in [5, 5.41) is 8.85. The van der Waals surface area contributed by atoms with Crippen LogP contribution in [0.25, 0.3) is 0 Å². The number of rotatable bonds is 6. The Morgan fingerprint density at radius 1 is 1.43 bits per heavy atom. The molecule has 21 heavy (non-hydrogen) atoms. The summed E-state index contributed by atoms with van der Waals surface area (Å²) >= 11 is 5.91. The molecule has 0 heterocycles. The van der Waals surface area contributed by atoms with Gasteiger partial charge in [-0.05, 0) is 25.1 Å². The van der Waals surface area contributed by atoms with Crippen molar-refractivity contribution >= 4 is 27.6 Å². The normalized spacial score (nSPS) is 11.2. The first-order valence-electron chi connectivity index (χ1n) is 6.22. The lowest BCUT2D eigenvalue weighted by Gasteiger charge is -2.20. The van der Waals surface area contributed by atoms with Crippen molar-refractivity contribution in [2.45, 2.75) is 18.7 Å². The zero-order valence-corrected chi connectivity index (χ0v) is 13.2. The first-order valence-corrected chi connectivity index (χ1v) is 8.04. The van der Waals surface area contributed by atoms with Crippen LogP contribution in [0.2, 0.25) is 5.02 Å². The monoisotopic (exact) mass is 330 g/mol. The number of likely N-dealkylation sites (N-methyl/N-ethyl adjacent to an activating group) is 1. The van der Waals surface area contributed by atoms with Crippen LogP contribution < -0.4 is 0 Å². The largest absolute Gasteiger partial charge is 0.465 e. The molecule has 6 nitrogen and oxygen atoms in total. The van der Waals surface area contributed by atoms with Crippen LogP contribution in [0, 0.1) is 11.3 Å². The molecule has 0 amide bonds. The number of esters is 1. The van der Waals surface area contributed by atoms with E-state index in [1.807, 2.05) is 6.07 Å². The highest BCUT2D eigenvalue weighted by Crippen LogP contribution is 2.25. The van der Waals surface area contributed by atoms with Gasteiger partial charge in [0.1, 0.15) is 11.4 Å². The standard InChI is InChI=1S/C13H15ClN2O4S/c1-3-16(9-13(17)20-4-2)21(18,19)12-7-10(8-15)5-6-11(12)14/h5-7H,3-4,9H2,1-2H3. The van der Waals surface area contributed by atoms with Crippen molar-refractivity contribution in [3.63, 3.8) is 0 Å². The van der Waals surface area contributed by atoms with Gasteiger partial charge in [-0.2, -0.15) is 9.57 Å². The Morgan fingerprint density at radius 2 is 2.10 bits per heavy atom. The highest BCUT2D eigenvalue weighted by atomic mass is 35.5. The van der Waals surface area contributed by atoms with E-state index in [1.54, 1.807) is 13.8 Å². The second-order valence-corrected chi connectivity index (χ2v) is 6.31. The maximum atomic E-state index is 12.5. The summed E-state index contributed by atoms with van der Waals surface area (Å²) in [5.41, 5.74) is 0.171. The number of hydrogen-bond donors (Lipinski definition) is 0. The minimum absolute atomic E-state index is 0.00342. The van der Waals surface area contributed by atoms with E-state index in [2.05, 4.69) is 0 Å². The van der Waals surface area contributed by atoms with Gasteiger partial charge in [-0.15, -0.1) is 0 Å². The van der Waals surface area contributed by atoms with Crippen molar-refractivity contribution in [2.75, 3.05) is 19.7 Å². The predicted octanol–water partition coefficient (Wildman–Crippen LogP) is 1.79. The number of ether oxygens (including phenoxy) is 1. The predicted molar refractivity (Wildman–Crippen MR) is 77.2 cm³/mol.